The van der Waals surface area contributed by atoms with Crippen LogP contribution in [0.15, 0.2) is 23.0 Å². The molecule has 186 valence electrons. The lowest BCUT2D eigenvalue weighted by atomic mass is 9.57. The molecule has 9 nitrogen and oxygen atoms in total. The van der Waals surface area contributed by atoms with Crippen LogP contribution in [0.5, 0.6) is 5.75 Å². The Bertz CT molecular complexity index is 1430. The lowest BCUT2D eigenvalue weighted by Gasteiger charge is -2.50. The van der Waals surface area contributed by atoms with Crippen LogP contribution in [-0.2, 0) is 20.8 Å². The lowest BCUT2D eigenvalue weighted by molar-refractivity contribution is -0.153. The highest BCUT2D eigenvalue weighted by molar-refractivity contribution is 6.24. The van der Waals surface area contributed by atoms with Crippen LogP contribution in [0.1, 0.15) is 42.5 Å². The summed E-state index contributed by atoms with van der Waals surface area (Å²) in [6.45, 7) is 3.22. The maximum atomic E-state index is 13.8. The minimum Gasteiger partial charge on any atom is -0.508 e. The molecule has 3 aliphatic carbocycles. The van der Waals surface area contributed by atoms with E-state index in [0.29, 0.717) is 11.1 Å². The molecule has 1 amide bonds. The average Bonchev–Trinajstić information content (AvgIpc) is 2.79. The van der Waals surface area contributed by atoms with E-state index in [9.17, 15) is 34.8 Å². The summed E-state index contributed by atoms with van der Waals surface area (Å²) in [4.78, 5) is 40.5. The molecule has 0 aliphatic heterocycles. The molecule has 6 N–H and O–H groups in total. The van der Waals surface area contributed by atoms with Gasteiger partial charge in [0.25, 0.3) is 5.91 Å². The third kappa shape index (κ3) is 3.25. The Hall–Kier alpha value is -4.05. The number of aromatic hydroxyl groups is 1. The van der Waals surface area contributed by atoms with E-state index < -0.39 is 58.0 Å². The molecule has 9 heteroatoms. The maximum Gasteiger partial charge on any atom is 0.255 e. The van der Waals surface area contributed by atoms with Crippen LogP contribution in [0, 0.1) is 35.5 Å². The Morgan fingerprint density at radius 3 is 2.28 bits per heavy atom. The number of phenolic OH excluding ortho intramolecular Hbond substituents is 1. The summed E-state index contributed by atoms with van der Waals surface area (Å²) in [5, 5.41) is 44.7. The van der Waals surface area contributed by atoms with Crippen molar-refractivity contribution in [2.24, 2.45) is 17.6 Å². The zero-order chi connectivity index (χ0) is 26.7. The molecule has 0 heterocycles. The topological polar surface area (TPSA) is 161 Å². The van der Waals surface area contributed by atoms with E-state index in [1.807, 2.05) is 0 Å². The quantitative estimate of drug-likeness (QED) is 0.299. The number of phenols is 1. The van der Waals surface area contributed by atoms with Gasteiger partial charge >= 0.3 is 0 Å². The predicted octanol–water partition coefficient (Wildman–Crippen LogP) is 0.707. The highest BCUT2D eigenvalue weighted by atomic mass is 16.3. The predicted molar refractivity (Wildman–Crippen MR) is 129 cm³/mol. The first-order valence-corrected chi connectivity index (χ1v) is 11.3. The summed E-state index contributed by atoms with van der Waals surface area (Å²) in [6, 6.07) is 0.480. The van der Waals surface area contributed by atoms with Crippen LogP contribution in [0.4, 0.5) is 0 Å². The summed E-state index contributed by atoms with van der Waals surface area (Å²) < 4.78 is 0. The second-order valence-corrected chi connectivity index (χ2v) is 9.39. The number of carbonyl (C=O) groups is 3. The van der Waals surface area contributed by atoms with Crippen molar-refractivity contribution < 1.29 is 34.8 Å². The Morgan fingerprint density at radius 2 is 1.72 bits per heavy atom. The first-order chi connectivity index (χ1) is 16.9. The fourth-order valence-corrected chi connectivity index (χ4v) is 5.79. The highest BCUT2D eigenvalue weighted by Crippen LogP contribution is 2.53. The molecule has 3 aliphatic rings. The molecule has 0 bridgehead atoms. The first kappa shape index (κ1) is 25.1. The second kappa shape index (κ2) is 8.56. The number of hydrogen-bond acceptors (Lipinski definition) is 8. The smallest absolute Gasteiger partial charge is 0.255 e. The Morgan fingerprint density at radius 1 is 1.11 bits per heavy atom. The third-order valence-electron chi connectivity index (χ3n) is 7.24. The van der Waals surface area contributed by atoms with Gasteiger partial charge in [0.15, 0.2) is 11.4 Å². The van der Waals surface area contributed by atoms with E-state index in [2.05, 4.69) is 23.7 Å². The number of aliphatic hydroxyl groups excluding tert-OH is 2. The van der Waals surface area contributed by atoms with E-state index in [4.69, 9.17) is 5.73 Å². The van der Waals surface area contributed by atoms with Crippen LogP contribution in [0.25, 0.3) is 5.76 Å². The average molecular weight is 491 g/mol. The van der Waals surface area contributed by atoms with Gasteiger partial charge in [-0.1, -0.05) is 11.8 Å². The number of ketones is 2. The molecule has 0 saturated heterocycles. The monoisotopic (exact) mass is 490 g/mol. The van der Waals surface area contributed by atoms with Crippen molar-refractivity contribution in [1.82, 2.24) is 4.90 Å². The number of hydrogen-bond donors (Lipinski definition) is 5. The molecular weight excluding hydrogens is 464 g/mol. The normalized spacial score (nSPS) is 26.9. The molecule has 4 atom stereocenters. The van der Waals surface area contributed by atoms with Gasteiger partial charge in [-0.2, -0.15) is 0 Å². The number of amides is 1. The van der Waals surface area contributed by atoms with Crippen LogP contribution in [0.2, 0.25) is 0 Å². The Labute approximate surface area is 207 Å². The molecule has 1 aromatic rings. The number of nitrogens with two attached hydrogens (primary N) is 1. The van der Waals surface area contributed by atoms with Gasteiger partial charge in [-0.3, -0.25) is 19.3 Å². The van der Waals surface area contributed by atoms with Gasteiger partial charge in [0, 0.05) is 17.1 Å². The van der Waals surface area contributed by atoms with Gasteiger partial charge < -0.3 is 26.2 Å². The maximum absolute atomic E-state index is 13.8. The van der Waals surface area contributed by atoms with E-state index in [1.165, 1.54) is 4.90 Å². The standard InChI is InChI=1S/C27H26N2O7/c1-5-7-12-9-13(8-6-2)21(30)18-15(12)10-14-11-16-20(29(3)4)23(32)19(26(28)35)25(34)27(16,36)24(33)17(14)22(18)31/h9,14,16,20,30-31,34,36H,10-11H2,1-4H3,(H2,28,35)/t14-,16-,20-,27-/m0/s1. The highest BCUT2D eigenvalue weighted by Gasteiger charge is 2.64. The van der Waals surface area contributed by atoms with Crippen LogP contribution < -0.4 is 5.73 Å². The number of fused-ring (bicyclic) bond motifs is 3. The van der Waals surface area contributed by atoms with Gasteiger partial charge in [-0.15, -0.1) is 11.8 Å². The Kier molecular flexibility index (Phi) is 5.96. The zero-order valence-electron chi connectivity index (χ0n) is 20.3. The van der Waals surface area contributed by atoms with Crippen molar-refractivity contribution in [2.45, 2.75) is 38.3 Å². The fraction of sp³-hybridized carbons (Fsp3) is 0.370. The molecule has 1 aromatic carbocycles. The summed E-state index contributed by atoms with van der Waals surface area (Å²) in [7, 11) is 3.10. The lowest BCUT2D eigenvalue weighted by Crippen LogP contribution is -2.65. The number of rotatable bonds is 2. The molecular formula is C27H26N2O7. The van der Waals surface area contributed by atoms with Crippen molar-refractivity contribution in [1.29, 1.82) is 0 Å². The SMILES string of the molecule is CC#Cc1cc(C#CC)c2c(c1O)C(O)=C1C(=O)[C@]3(O)C(O)=C(C(N)=O)C(=O)[C@@H](N(C)C)[C@@H]3C[C@@H]1C2. The molecule has 0 unspecified atom stereocenters. The number of aliphatic hydroxyl groups is 3. The van der Waals surface area contributed by atoms with Crippen molar-refractivity contribution in [3.63, 3.8) is 0 Å². The molecule has 36 heavy (non-hydrogen) atoms. The van der Waals surface area contributed by atoms with Crippen molar-refractivity contribution in [3.8, 4) is 29.4 Å². The van der Waals surface area contributed by atoms with Crippen LogP contribution in [0.3, 0.4) is 0 Å². The Balaban J connectivity index is 2.03. The van der Waals surface area contributed by atoms with Gasteiger partial charge in [0.05, 0.1) is 17.2 Å². The summed E-state index contributed by atoms with van der Waals surface area (Å²) in [5.74, 6) is 4.25. The number of carbonyl (C=O) groups excluding carboxylic acids is 3. The van der Waals surface area contributed by atoms with Crippen molar-refractivity contribution >= 4 is 23.2 Å². The molecule has 4 rings (SSSR count). The van der Waals surface area contributed by atoms with Crippen LogP contribution >= 0.6 is 0 Å². The van der Waals surface area contributed by atoms with Crippen LogP contribution in [-0.4, -0.2) is 68.5 Å². The largest absolute Gasteiger partial charge is 0.508 e. The minimum absolute atomic E-state index is 0.0159. The molecule has 0 spiro atoms. The minimum atomic E-state index is -2.67. The summed E-state index contributed by atoms with van der Waals surface area (Å²) in [6.07, 6.45) is 0.188. The number of primary amides is 1. The number of benzene rings is 1. The third-order valence-corrected chi connectivity index (χ3v) is 7.24. The molecule has 0 radical (unpaired) electrons. The second-order valence-electron chi connectivity index (χ2n) is 9.39. The van der Waals surface area contributed by atoms with Crippen molar-refractivity contribution in [2.75, 3.05) is 14.1 Å². The summed E-state index contributed by atoms with van der Waals surface area (Å²) in [5.41, 5.74) is 2.80. The molecule has 1 fully saturated rings. The number of Topliss-reactive ketones (excluding diaryl/α,β-unsaturated/α-hetero) is 2. The number of nitrogens with zero attached hydrogens (tertiary/aromatic N) is 1. The van der Waals surface area contributed by atoms with E-state index in [1.54, 1.807) is 34.0 Å². The van der Waals surface area contributed by atoms with Gasteiger partial charge in [0.2, 0.25) is 5.78 Å². The zero-order valence-corrected chi connectivity index (χ0v) is 20.3. The molecule has 0 aromatic heterocycles. The van der Waals surface area contributed by atoms with Gasteiger partial charge in [-0.25, -0.2) is 0 Å². The van der Waals surface area contributed by atoms with E-state index in [-0.39, 0.29) is 35.3 Å². The van der Waals surface area contributed by atoms with Gasteiger partial charge in [0.1, 0.15) is 22.8 Å². The molecule has 1 saturated carbocycles. The fourth-order valence-electron chi connectivity index (χ4n) is 5.79. The van der Waals surface area contributed by atoms with Crippen molar-refractivity contribution in [3.05, 3.63) is 45.2 Å². The van der Waals surface area contributed by atoms with Gasteiger partial charge in [-0.05, 0) is 58.3 Å². The summed E-state index contributed by atoms with van der Waals surface area (Å²) >= 11 is 0. The number of likely N-dealkylation sites (N-methyl/N-ethyl adjacent to an activating group) is 1. The van der Waals surface area contributed by atoms with E-state index in [0.717, 1.165) is 0 Å². The van der Waals surface area contributed by atoms with E-state index >= 15 is 0 Å². The first-order valence-electron chi connectivity index (χ1n) is 11.3.